The van der Waals surface area contributed by atoms with Crippen LogP contribution in [-0.2, 0) is 6.54 Å². The fraction of sp³-hybridized carbons (Fsp3) is 0.600. The molecule has 1 saturated carbocycles. The van der Waals surface area contributed by atoms with Gasteiger partial charge in [0, 0.05) is 10.6 Å². The predicted octanol–water partition coefficient (Wildman–Crippen LogP) is 3.13. The molecule has 0 saturated heterocycles. The van der Waals surface area contributed by atoms with Crippen LogP contribution in [0.3, 0.4) is 0 Å². The van der Waals surface area contributed by atoms with E-state index in [1.54, 1.807) is 7.11 Å². The van der Waals surface area contributed by atoms with Gasteiger partial charge in [-0.15, -0.1) is 0 Å². The third-order valence-corrected chi connectivity index (χ3v) is 4.05. The highest BCUT2D eigenvalue weighted by Gasteiger charge is 2.15. The standard InChI is InChI=1S/C15H22ClNO/c1-18-15-9-8-13(16)10-12(15)11-17-14-6-4-2-3-5-7-14/h8-10,14,17H,2-7,11H2,1H3/p+1. The van der Waals surface area contributed by atoms with Crippen molar-refractivity contribution in [2.24, 2.45) is 0 Å². The van der Waals surface area contributed by atoms with E-state index in [9.17, 15) is 0 Å². The average molecular weight is 269 g/mol. The van der Waals surface area contributed by atoms with E-state index < -0.39 is 0 Å². The average Bonchev–Trinajstić information content (AvgIpc) is 2.65. The Morgan fingerprint density at radius 1 is 1.22 bits per heavy atom. The van der Waals surface area contributed by atoms with Crippen LogP contribution in [0.4, 0.5) is 0 Å². The van der Waals surface area contributed by atoms with E-state index in [1.165, 1.54) is 44.1 Å². The van der Waals surface area contributed by atoms with Crippen LogP contribution in [-0.4, -0.2) is 13.2 Å². The zero-order valence-corrected chi connectivity index (χ0v) is 11.9. The van der Waals surface area contributed by atoms with Gasteiger partial charge in [-0.05, 0) is 43.9 Å². The molecule has 0 heterocycles. The van der Waals surface area contributed by atoms with Gasteiger partial charge in [-0.25, -0.2) is 0 Å². The molecule has 2 rings (SSSR count). The van der Waals surface area contributed by atoms with Crippen molar-refractivity contribution in [3.05, 3.63) is 28.8 Å². The maximum absolute atomic E-state index is 6.05. The minimum atomic E-state index is 0.774. The number of ether oxygens (including phenoxy) is 1. The van der Waals surface area contributed by atoms with Crippen LogP contribution < -0.4 is 10.1 Å². The molecule has 0 spiro atoms. The Morgan fingerprint density at radius 3 is 2.61 bits per heavy atom. The van der Waals surface area contributed by atoms with Crippen molar-refractivity contribution in [3.63, 3.8) is 0 Å². The Morgan fingerprint density at radius 2 is 1.94 bits per heavy atom. The van der Waals surface area contributed by atoms with E-state index in [1.807, 2.05) is 18.2 Å². The third-order valence-electron chi connectivity index (χ3n) is 3.81. The van der Waals surface area contributed by atoms with Crippen LogP contribution in [0.2, 0.25) is 5.02 Å². The van der Waals surface area contributed by atoms with Crippen LogP contribution in [0.5, 0.6) is 5.75 Å². The summed E-state index contributed by atoms with van der Waals surface area (Å²) in [5, 5.41) is 3.25. The molecule has 1 aromatic carbocycles. The largest absolute Gasteiger partial charge is 0.496 e. The SMILES string of the molecule is COc1ccc(Cl)cc1C[NH2+]C1CCCCCC1. The molecule has 0 aromatic heterocycles. The van der Waals surface area contributed by atoms with Crippen LogP contribution in [0.1, 0.15) is 44.1 Å². The summed E-state index contributed by atoms with van der Waals surface area (Å²) in [6, 6.07) is 6.64. The Bertz CT molecular complexity index is 373. The summed E-state index contributed by atoms with van der Waals surface area (Å²) in [5.74, 6) is 0.948. The number of rotatable bonds is 4. The topological polar surface area (TPSA) is 25.8 Å². The van der Waals surface area contributed by atoms with E-state index in [0.29, 0.717) is 0 Å². The summed E-state index contributed by atoms with van der Waals surface area (Å²) in [6.07, 6.45) is 8.28. The maximum atomic E-state index is 6.05. The van der Waals surface area contributed by atoms with Gasteiger partial charge in [0.1, 0.15) is 12.3 Å². The van der Waals surface area contributed by atoms with E-state index in [4.69, 9.17) is 16.3 Å². The van der Waals surface area contributed by atoms with Gasteiger partial charge in [-0.1, -0.05) is 24.4 Å². The molecule has 0 unspecified atom stereocenters. The van der Waals surface area contributed by atoms with Crippen molar-refractivity contribution >= 4 is 11.6 Å². The number of nitrogens with two attached hydrogens (primary N) is 1. The fourth-order valence-corrected chi connectivity index (χ4v) is 2.94. The highest BCUT2D eigenvalue weighted by Crippen LogP contribution is 2.22. The van der Waals surface area contributed by atoms with Gasteiger partial charge in [0.2, 0.25) is 0 Å². The molecule has 0 radical (unpaired) electrons. The lowest BCUT2D eigenvalue weighted by atomic mass is 10.1. The van der Waals surface area contributed by atoms with Gasteiger partial charge in [0.15, 0.2) is 0 Å². The number of hydrogen-bond donors (Lipinski definition) is 1. The number of methoxy groups -OCH3 is 1. The summed E-state index contributed by atoms with van der Waals surface area (Å²) in [6.45, 7) is 0.967. The summed E-state index contributed by atoms with van der Waals surface area (Å²) >= 11 is 6.05. The molecule has 1 fully saturated rings. The Balaban J connectivity index is 1.94. The molecular formula is C15H23ClNO+. The number of benzene rings is 1. The molecule has 0 aliphatic heterocycles. The van der Waals surface area contributed by atoms with E-state index >= 15 is 0 Å². The highest BCUT2D eigenvalue weighted by molar-refractivity contribution is 6.30. The molecule has 100 valence electrons. The van der Waals surface area contributed by atoms with E-state index in [-0.39, 0.29) is 0 Å². The smallest absolute Gasteiger partial charge is 0.127 e. The van der Waals surface area contributed by atoms with Crippen molar-refractivity contribution in [3.8, 4) is 5.75 Å². The quantitative estimate of drug-likeness (QED) is 0.834. The monoisotopic (exact) mass is 268 g/mol. The van der Waals surface area contributed by atoms with Crippen LogP contribution in [0, 0.1) is 0 Å². The molecule has 2 nitrogen and oxygen atoms in total. The molecule has 1 aromatic rings. The summed E-state index contributed by atoms with van der Waals surface area (Å²) in [4.78, 5) is 0. The molecule has 1 aliphatic rings. The van der Waals surface area contributed by atoms with E-state index in [0.717, 1.165) is 23.4 Å². The van der Waals surface area contributed by atoms with Gasteiger partial charge >= 0.3 is 0 Å². The highest BCUT2D eigenvalue weighted by atomic mass is 35.5. The minimum absolute atomic E-state index is 0.774. The molecular weight excluding hydrogens is 246 g/mol. The number of quaternary nitrogens is 1. The normalized spacial score (nSPS) is 17.4. The Kier molecular flexibility index (Phi) is 5.33. The van der Waals surface area contributed by atoms with Crippen molar-refractivity contribution in [1.29, 1.82) is 0 Å². The zero-order valence-electron chi connectivity index (χ0n) is 11.1. The summed E-state index contributed by atoms with van der Waals surface area (Å²) < 4.78 is 5.39. The lowest BCUT2D eigenvalue weighted by molar-refractivity contribution is -0.705. The first-order chi connectivity index (χ1) is 8.79. The van der Waals surface area contributed by atoms with Gasteiger partial charge in [0.05, 0.1) is 13.2 Å². The summed E-state index contributed by atoms with van der Waals surface area (Å²) in [5.41, 5.74) is 1.20. The fourth-order valence-electron chi connectivity index (χ4n) is 2.75. The van der Waals surface area contributed by atoms with Gasteiger partial charge in [0.25, 0.3) is 0 Å². The lowest BCUT2D eigenvalue weighted by Gasteiger charge is -2.14. The Hall–Kier alpha value is -0.730. The van der Waals surface area contributed by atoms with E-state index in [2.05, 4.69) is 5.32 Å². The number of halogens is 1. The molecule has 18 heavy (non-hydrogen) atoms. The zero-order chi connectivity index (χ0) is 12.8. The van der Waals surface area contributed by atoms with Crippen molar-refractivity contribution in [1.82, 2.24) is 0 Å². The van der Waals surface area contributed by atoms with Crippen molar-refractivity contribution in [2.45, 2.75) is 51.1 Å². The third kappa shape index (κ3) is 3.89. The molecule has 1 aliphatic carbocycles. The second kappa shape index (κ2) is 7.01. The molecule has 0 amide bonds. The first-order valence-electron chi connectivity index (χ1n) is 6.95. The second-order valence-electron chi connectivity index (χ2n) is 5.15. The first kappa shape index (κ1) is 13.7. The predicted molar refractivity (Wildman–Crippen MR) is 75.1 cm³/mol. The van der Waals surface area contributed by atoms with Crippen LogP contribution in [0.15, 0.2) is 18.2 Å². The number of hydrogen-bond acceptors (Lipinski definition) is 1. The van der Waals surface area contributed by atoms with Crippen LogP contribution in [0.25, 0.3) is 0 Å². The van der Waals surface area contributed by atoms with Gasteiger partial charge in [-0.3, -0.25) is 0 Å². The van der Waals surface area contributed by atoms with Gasteiger partial charge in [-0.2, -0.15) is 0 Å². The molecule has 0 bridgehead atoms. The Labute approximate surface area is 115 Å². The lowest BCUT2D eigenvalue weighted by Crippen LogP contribution is -2.88. The second-order valence-corrected chi connectivity index (χ2v) is 5.58. The maximum Gasteiger partial charge on any atom is 0.127 e. The first-order valence-corrected chi connectivity index (χ1v) is 7.33. The molecule has 3 heteroatoms. The summed E-state index contributed by atoms with van der Waals surface area (Å²) in [7, 11) is 1.72. The van der Waals surface area contributed by atoms with Crippen molar-refractivity contribution < 1.29 is 10.1 Å². The van der Waals surface area contributed by atoms with Crippen LogP contribution >= 0.6 is 11.6 Å². The minimum Gasteiger partial charge on any atom is -0.496 e. The molecule has 2 N–H and O–H groups in total. The van der Waals surface area contributed by atoms with Gasteiger partial charge < -0.3 is 10.1 Å². The van der Waals surface area contributed by atoms with Crippen molar-refractivity contribution in [2.75, 3.05) is 7.11 Å². The molecule has 0 atom stereocenters.